The topological polar surface area (TPSA) is 151 Å². The van der Waals surface area contributed by atoms with Gasteiger partial charge in [-0.1, -0.05) is 258 Å². The van der Waals surface area contributed by atoms with Gasteiger partial charge in [-0.2, -0.15) is 11.8 Å². The third kappa shape index (κ3) is 46.5. The molecule has 0 saturated heterocycles. The summed E-state index contributed by atoms with van der Waals surface area (Å²) >= 11 is 1.41. The van der Waals surface area contributed by atoms with Gasteiger partial charge in [-0.3, -0.25) is 14.4 Å². The summed E-state index contributed by atoms with van der Waals surface area (Å²) in [6.07, 6.45) is 49.5. The molecular weight excluding hydrogens is 873 g/mol. The van der Waals surface area contributed by atoms with Gasteiger partial charge in [-0.05, 0) is 25.8 Å². The standard InChI is InChI=1S/C57H110N2O8S/c1-4-7-10-13-16-19-22-25-28-31-34-37-40-43-46-58-53(56(63)59-52(47-60)57(64)65)50-68-49-51(67-55(62)45-42-39-36-33-30-27-24-21-18-15-12-9-6-3)48-66-54(61)44-41-38-35-32-29-26-23-20-17-14-11-8-5-2/h51-53,58,60H,4-50H2,1-3H3,(H,59,63)(H,64,65)/t51?,52-,53?/m0/s1. The van der Waals surface area contributed by atoms with Crippen LogP contribution in [0.2, 0.25) is 0 Å². The quantitative estimate of drug-likeness (QED) is 0.0342. The van der Waals surface area contributed by atoms with Crippen molar-refractivity contribution in [2.75, 3.05) is 31.3 Å². The minimum atomic E-state index is -1.40. The van der Waals surface area contributed by atoms with E-state index in [1.54, 1.807) is 0 Å². The maximum absolute atomic E-state index is 13.3. The second kappa shape index (κ2) is 53.0. The average Bonchev–Trinajstić information content (AvgIpc) is 3.33. The van der Waals surface area contributed by atoms with E-state index < -0.39 is 36.7 Å². The molecule has 1 amide bonds. The molecule has 0 spiro atoms. The number of aliphatic hydroxyl groups is 1. The van der Waals surface area contributed by atoms with Crippen LogP contribution in [0.25, 0.3) is 0 Å². The molecule has 11 heteroatoms. The number of aliphatic carboxylic acids is 1. The molecule has 0 bridgehead atoms. The molecule has 0 aromatic carbocycles. The predicted octanol–water partition coefficient (Wildman–Crippen LogP) is 15.1. The molecule has 0 fully saturated rings. The molecule has 0 aliphatic carbocycles. The second-order valence-corrected chi connectivity index (χ2v) is 21.1. The van der Waals surface area contributed by atoms with Crippen LogP contribution in [0.15, 0.2) is 0 Å². The van der Waals surface area contributed by atoms with Gasteiger partial charge in [0.2, 0.25) is 5.91 Å². The lowest BCUT2D eigenvalue weighted by Crippen LogP contribution is -2.52. The number of carbonyl (C=O) groups excluding carboxylic acids is 3. The van der Waals surface area contributed by atoms with Crippen LogP contribution in [0.4, 0.5) is 0 Å². The van der Waals surface area contributed by atoms with Crippen LogP contribution in [0, 0.1) is 0 Å². The Kier molecular flexibility index (Phi) is 51.5. The van der Waals surface area contributed by atoms with Crippen LogP contribution in [0.3, 0.4) is 0 Å². The Morgan fingerprint density at radius 1 is 0.441 bits per heavy atom. The minimum Gasteiger partial charge on any atom is -0.480 e. The molecule has 68 heavy (non-hydrogen) atoms. The number of amides is 1. The number of esters is 2. The van der Waals surface area contributed by atoms with E-state index in [1.165, 1.54) is 211 Å². The number of nitrogens with one attached hydrogen (secondary N) is 2. The zero-order valence-corrected chi connectivity index (χ0v) is 45.5. The van der Waals surface area contributed by atoms with Gasteiger partial charge in [0.15, 0.2) is 0 Å². The maximum Gasteiger partial charge on any atom is 0.328 e. The summed E-state index contributed by atoms with van der Waals surface area (Å²) < 4.78 is 11.6. The van der Waals surface area contributed by atoms with Crippen molar-refractivity contribution in [1.82, 2.24) is 10.6 Å². The van der Waals surface area contributed by atoms with Crippen molar-refractivity contribution in [3.05, 3.63) is 0 Å². The first kappa shape index (κ1) is 66.2. The Morgan fingerprint density at radius 2 is 0.779 bits per heavy atom. The van der Waals surface area contributed by atoms with Crippen LogP contribution >= 0.6 is 11.8 Å². The molecule has 2 unspecified atom stereocenters. The summed E-state index contributed by atoms with van der Waals surface area (Å²) in [5.74, 6) is -1.76. The number of carbonyl (C=O) groups is 4. The molecule has 3 atom stereocenters. The molecule has 10 nitrogen and oxygen atoms in total. The number of unbranched alkanes of at least 4 members (excludes halogenated alkanes) is 37. The minimum absolute atomic E-state index is 0.0381. The van der Waals surface area contributed by atoms with Crippen molar-refractivity contribution < 1.29 is 38.9 Å². The molecule has 402 valence electrons. The second-order valence-electron chi connectivity index (χ2n) is 20.0. The van der Waals surface area contributed by atoms with Crippen molar-refractivity contribution in [2.45, 2.75) is 309 Å². The van der Waals surface area contributed by atoms with Crippen molar-refractivity contribution in [3.63, 3.8) is 0 Å². The first-order valence-corrected chi connectivity index (χ1v) is 30.2. The Labute approximate surface area is 423 Å². The normalized spacial score (nSPS) is 12.8. The molecule has 0 radical (unpaired) electrons. The molecule has 4 N–H and O–H groups in total. The van der Waals surface area contributed by atoms with Crippen molar-refractivity contribution in [3.8, 4) is 0 Å². The molecule has 0 aromatic heterocycles. The number of carboxylic acids is 1. The number of rotatable bonds is 55. The highest BCUT2D eigenvalue weighted by molar-refractivity contribution is 7.99. The van der Waals surface area contributed by atoms with Gasteiger partial charge < -0.3 is 30.3 Å². The van der Waals surface area contributed by atoms with E-state index in [0.717, 1.165) is 57.8 Å². The van der Waals surface area contributed by atoms with Crippen molar-refractivity contribution in [2.24, 2.45) is 0 Å². The smallest absolute Gasteiger partial charge is 0.328 e. The van der Waals surface area contributed by atoms with Crippen LogP contribution in [-0.4, -0.2) is 83.5 Å². The molecule has 0 saturated carbocycles. The third-order valence-electron chi connectivity index (χ3n) is 13.3. The molecule has 0 heterocycles. The fraction of sp³-hybridized carbons (Fsp3) is 0.930. The number of ether oxygens (including phenoxy) is 2. The summed E-state index contributed by atoms with van der Waals surface area (Å²) in [7, 11) is 0. The van der Waals surface area contributed by atoms with Gasteiger partial charge in [0.1, 0.15) is 18.8 Å². The third-order valence-corrected chi connectivity index (χ3v) is 14.5. The summed E-state index contributed by atoms with van der Waals surface area (Å²) in [6.45, 7) is 6.62. The highest BCUT2D eigenvalue weighted by Gasteiger charge is 2.26. The van der Waals surface area contributed by atoms with Gasteiger partial charge in [0.05, 0.1) is 12.6 Å². The molecule has 0 aliphatic rings. The number of carboxylic acid groups (broad SMARTS) is 1. The number of thioether (sulfide) groups is 1. The van der Waals surface area contributed by atoms with Gasteiger partial charge in [0.25, 0.3) is 0 Å². The lowest BCUT2D eigenvalue weighted by Gasteiger charge is -2.22. The molecular formula is C57H110N2O8S. The highest BCUT2D eigenvalue weighted by atomic mass is 32.2. The summed E-state index contributed by atoms with van der Waals surface area (Å²) in [4.78, 5) is 50.8. The van der Waals surface area contributed by atoms with E-state index in [9.17, 15) is 29.4 Å². The highest BCUT2D eigenvalue weighted by Crippen LogP contribution is 2.18. The summed E-state index contributed by atoms with van der Waals surface area (Å²) in [5.41, 5.74) is 0. The maximum atomic E-state index is 13.3. The van der Waals surface area contributed by atoms with E-state index in [2.05, 4.69) is 31.4 Å². The first-order valence-electron chi connectivity index (χ1n) is 29.1. The Bertz CT molecular complexity index is 1130. The molecule has 0 rings (SSSR count). The lowest BCUT2D eigenvalue weighted by molar-refractivity contribution is -0.157. The van der Waals surface area contributed by atoms with Crippen LogP contribution in [-0.2, 0) is 28.7 Å². The molecule has 0 aromatic rings. The van der Waals surface area contributed by atoms with Crippen LogP contribution < -0.4 is 10.6 Å². The summed E-state index contributed by atoms with van der Waals surface area (Å²) in [6, 6.07) is -2.11. The van der Waals surface area contributed by atoms with Gasteiger partial charge in [-0.25, -0.2) is 4.79 Å². The van der Waals surface area contributed by atoms with E-state index in [0.29, 0.717) is 30.9 Å². The Morgan fingerprint density at radius 3 is 1.13 bits per heavy atom. The molecule has 0 aliphatic heterocycles. The van der Waals surface area contributed by atoms with E-state index in [4.69, 9.17) is 9.47 Å². The van der Waals surface area contributed by atoms with E-state index >= 15 is 0 Å². The lowest BCUT2D eigenvalue weighted by atomic mass is 10.0. The monoisotopic (exact) mass is 983 g/mol. The Balaban J connectivity index is 4.97. The van der Waals surface area contributed by atoms with Crippen molar-refractivity contribution in [1.29, 1.82) is 0 Å². The Hall–Kier alpha value is -1.85. The fourth-order valence-corrected chi connectivity index (χ4v) is 9.86. The number of hydrogen-bond acceptors (Lipinski definition) is 9. The van der Waals surface area contributed by atoms with Crippen molar-refractivity contribution >= 4 is 35.6 Å². The number of hydrogen-bond donors (Lipinski definition) is 4. The largest absolute Gasteiger partial charge is 0.480 e. The zero-order valence-electron chi connectivity index (χ0n) is 44.7. The van der Waals surface area contributed by atoms with Gasteiger partial charge in [-0.15, -0.1) is 0 Å². The zero-order chi connectivity index (χ0) is 49.8. The number of aliphatic hydroxyl groups excluding tert-OH is 1. The van der Waals surface area contributed by atoms with Crippen LogP contribution in [0.5, 0.6) is 0 Å². The summed E-state index contributed by atoms with van der Waals surface area (Å²) in [5, 5.41) is 24.9. The average molecular weight is 984 g/mol. The predicted molar refractivity (Wildman–Crippen MR) is 288 cm³/mol. The van der Waals surface area contributed by atoms with E-state index in [-0.39, 0.29) is 18.5 Å². The first-order chi connectivity index (χ1) is 33.3. The van der Waals surface area contributed by atoms with Gasteiger partial charge >= 0.3 is 17.9 Å². The SMILES string of the molecule is CCCCCCCCCCCCCCCCNC(CSCC(COC(=O)CCCCCCCCCCCCCCC)OC(=O)CCCCCCCCCCCCCCC)C(=O)N[C@@H](CO)C(=O)O. The van der Waals surface area contributed by atoms with E-state index in [1.807, 2.05) is 0 Å². The van der Waals surface area contributed by atoms with Gasteiger partial charge in [0, 0.05) is 24.3 Å². The fourth-order valence-electron chi connectivity index (χ4n) is 8.79. The van der Waals surface area contributed by atoms with Crippen LogP contribution in [0.1, 0.15) is 290 Å².